The van der Waals surface area contributed by atoms with Crippen LogP contribution in [0.5, 0.6) is 17.2 Å². The summed E-state index contributed by atoms with van der Waals surface area (Å²) in [7, 11) is 4.18. The largest absolute Gasteiger partial charge is 0.495 e. The molecule has 0 spiro atoms. The Bertz CT molecular complexity index is 825. The zero-order valence-electron chi connectivity index (χ0n) is 13.7. The van der Waals surface area contributed by atoms with Gasteiger partial charge in [0.05, 0.1) is 37.3 Å². The maximum Gasteiger partial charge on any atom is 0.286 e. The fourth-order valence-electron chi connectivity index (χ4n) is 2.14. The summed E-state index contributed by atoms with van der Waals surface area (Å²) in [4.78, 5) is 23.1. The average Bonchev–Trinajstić information content (AvgIpc) is 2.60. The van der Waals surface area contributed by atoms with Crippen LogP contribution in [0.2, 0.25) is 5.02 Å². The lowest BCUT2D eigenvalue weighted by Crippen LogP contribution is -2.14. The SMILES string of the molecule is COc1ccc(NC(=O)c2cc(OC)c(OC)cc2[N+](=O)[O-])cc1Cl. The van der Waals surface area contributed by atoms with Crippen LogP contribution in [0.1, 0.15) is 10.4 Å². The summed E-state index contributed by atoms with van der Waals surface area (Å²) in [5.41, 5.74) is -0.218. The predicted molar refractivity (Wildman–Crippen MR) is 92.2 cm³/mol. The summed E-state index contributed by atoms with van der Waals surface area (Å²) in [6, 6.07) is 6.99. The smallest absolute Gasteiger partial charge is 0.286 e. The second kappa shape index (κ2) is 7.71. The third kappa shape index (κ3) is 3.92. The van der Waals surface area contributed by atoms with Gasteiger partial charge in [0, 0.05) is 11.8 Å². The molecule has 2 aromatic rings. The number of carbonyl (C=O) groups excluding carboxylic acids is 1. The van der Waals surface area contributed by atoms with Gasteiger partial charge in [-0.05, 0) is 18.2 Å². The van der Waals surface area contributed by atoms with Gasteiger partial charge >= 0.3 is 0 Å². The van der Waals surface area contributed by atoms with Crippen molar-refractivity contribution in [1.29, 1.82) is 0 Å². The molecule has 0 fully saturated rings. The van der Waals surface area contributed by atoms with E-state index in [1.54, 1.807) is 12.1 Å². The maximum atomic E-state index is 12.5. The Labute approximate surface area is 148 Å². The van der Waals surface area contributed by atoms with E-state index in [0.29, 0.717) is 16.5 Å². The molecule has 9 heteroatoms. The molecule has 0 saturated carbocycles. The molecule has 0 aliphatic carbocycles. The number of benzene rings is 2. The molecule has 0 radical (unpaired) electrons. The molecule has 0 heterocycles. The first kappa shape index (κ1) is 18.3. The van der Waals surface area contributed by atoms with Crippen LogP contribution in [-0.2, 0) is 0 Å². The van der Waals surface area contributed by atoms with Gasteiger partial charge in [0.15, 0.2) is 11.5 Å². The minimum atomic E-state index is -0.686. The van der Waals surface area contributed by atoms with Crippen molar-refractivity contribution in [3.8, 4) is 17.2 Å². The van der Waals surface area contributed by atoms with Crippen molar-refractivity contribution in [3.05, 3.63) is 51.0 Å². The van der Waals surface area contributed by atoms with Crippen LogP contribution in [0.4, 0.5) is 11.4 Å². The Kier molecular flexibility index (Phi) is 5.66. The van der Waals surface area contributed by atoms with Crippen molar-refractivity contribution < 1.29 is 23.9 Å². The van der Waals surface area contributed by atoms with Crippen LogP contribution < -0.4 is 19.5 Å². The second-order valence-corrected chi connectivity index (χ2v) is 5.19. The van der Waals surface area contributed by atoms with Crippen LogP contribution >= 0.6 is 11.6 Å². The second-order valence-electron chi connectivity index (χ2n) is 4.78. The van der Waals surface area contributed by atoms with Crippen LogP contribution in [0, 0.1) is 10.1 Å². The Morgan fingerprint density at radius 2 is 1.64 bits per heavy atom. The molecule has 0 aliphatic rings. The Morgan fingerprint density at radius 3 is 2.16 bits per heavy atom. The van der Waals surface area contributed by atoms with E-state index < -0.39 is 16.5 Å². The molecule has 8 nitrogen and oxygen atoms in total. The number of rotatable bonds is 6. The van der Waals surface area contributed by atoms with Gasteiger partial charge in [0.25, 0.3) is 11.6 Å². The zero-order valence-corrected chi connectivity index (χ0v) is 14.4. The van der Waals surface area contributed by atoms with Crippen LogP contribution in [0.15, 0.2) is 30.3 Å². The summed E-state index contributed by atoms with van der Waals surface area (Å²) < 4.78 is 15.2. The number of nitro benzene ring substituents is 1. The molecule has 25 heavy (non-hydrogen) atoms. The lowest BCUT2D eigenvalue weighted by atomic mass is 10.1. The van der Waals surface area contributed by atoms with E-state index in [1.807, 2.05) is 0 Å². The molecule has 2 aromatic carbocycles. The summed E-state index contributed by atoms with van der Waals surface area (Å²) >= 11 is 6.01. The zero-order chi connectivity index (χ0) is 18.6. The first-order valence-electron chi connectivity index (χ1n) is 6.96. The van der Waals surface area contributed by atoms with Crippen LogP contribution in [0.3, 0.4) is 0 Å². The molecule has 2 rings (SSSR count). The number of ether oxygens (including phenoxy) is 3. The number of nitro groups is 1. The van der Waals surface area contributed by atoms with Gasteiger partial charge in [-0.1, -0.05) is 11.6 Å². The predicted octanol–water partition coefficient (Wildman–Crippen LogP) is 3.53. The molecule has 0 saturated heterocycles. The van der Waals surface area contributed by atoms with Gasteiger partial charge in [-0.3, -0.25) is 14.9 Å². The Hall–Kier alpha value is -3.00. The number of nitrogens with zero attached hydrogens (tertiary/aromatic N) is 1. The highest BCUT2D eigenvalue weighted by molar-refractivity contribution is 6.32. The lowest BCUT2D eigenvalue weighted by molar-refractivity contribution is -0.385. The topological polar surface area (TPSA) is 99.9 Å². The fourth-order valence-corrected chi connectivity index (χ4v) is 2.40. The molecule has 0 atom stereocenters. The molecule has 0 bridgehead atoms. The highest BCUT2D eigenvalue weighted by Crippen LogP contribution is 2.35. The van der Waals surface area contributed by atoms with Crippen molar-refractivity contribution in [1.82, 2.24) is 0 Å². The highest BCUT2D eigenvalue weighted by atomic mass is 35.5. The number of methoxy groups -OCH3 is 3. The highest BCUT2D eigenvalue weighted by Gasteiger charge is 2.24. The van der Waals surface area contributed by atoms with E-state index in [0.717, 1.165) is 6.07 Å². The molecule has 1 amide bonds. The Balaban J connectivity index is 2.41. The van der Waals surface area contributed by atoms with Gasteiger partial charge in [-0.25, -0.2) is 0 Å². The van der Waals surface area contributed by atoms with Gasteiger partial charge in [0.1, 0.15) is 11.3 Å². The van der Waals surface area contributed by atoms with Gasteiger partial charge in [-0.15, -0.1) is 0 Å². The number of hydrogen-bond acceptors (Lipinski definition) is 6. The van der Waals surface area contributed by atoms with Crippen molar-refractivity contribution >= 4 is 28.9 Å². The minimum Gasteiger partial charge on any atom is -0.495 e. The van der Waals surface area contributed by atoms with Gasteiger partial charge in [0.2, 0.25) is 0 Å². The van der Waals surface area contributed by atoms with Crippen molar-refractivity contribution in [2.75, 3.05) is 26.6 Å². The third-order valence-corrected chi connectivity index (χ3v) is 3.65. The van der Waals surface area contributed by atoms with E-state index in [9.17, 15) is 14.9 Å². The van der Waals surface area contributed by atoms with E-state index in [2.05, 4.69) is 5.32 Å². The molecule has 132 valence electrons. The van der Waals surface area contributed by atoms with Crippen molar-refractivity contribution in [2.45, 2.75) is 0 Å². The summed E-state index contributed by atoms with van der Waals surface area (Å²) in [6.07, 6.45) is 0. The normalized spacial score (nSPS) is 10.1. The van der Waals surface area contributed by atoms with Crippen LogP contribution in [-0.4, -0.2) is 32.2 Å². The molecule has 1 N–H and O–H groups in total. The van der Waals surface area contributed by atoms with E-state index >= 15 is 0 Å². The number of amides is 1. The van der Waals surface area contributed by atoms with E-state index in [1.165, 1.54) is 33.5 Å². The van der Waals surface area contributed by atoms with Gasteiger partial charge in [-0.2, -0.15) is 0 Å². The maximum absolute atomic E-state index is 12.5. The van der Waals surface area contributed by atoms with Crippen molar-refractivity contribution in [2.24, 2.45) is 0 Å². The Morgan fingerprint density at radius 1 is 1.04 bits per heavy atom. The number of hydrogen-bond donors (Lipinski definition) is 1. The molecule has 0 aromatic heterocycles. The summed E-state index contributed by atoms with van der Waals surface area (Å²) in [6.45, 7) is 0. The third-order valence-electron chi connectivity index (χ3n) is 3.35. The van der Waals surface area contributed by atoms with E-state index in [4.69, 9.17) is 25.8 Å². The first-order chi connectivity index (χ1) is 11.9. The van der Waals surface area contributed by atoms with Crippen molar-refractivity contribution in [3.63, 3.8) is 0 Å². The number of nitrogens with one attached hydrogen (secondary N) is 1. The molecule has 0 aliphatic heterocycles. The lowest BCUT2D eigenvalue weighted by Gasteiger charge is -2.11. The first-order valence-corrected chi connectivity index (χ1v) is 7.34. The van der Waals surface area contributed by atoms with Gasteiger partial charge < -0.3 is 19.5 Å². The number of anilines is 1. The minimum absolute atomic E-state index is 0.151. The number of halogens is 1. The molecular weight excluding hydrogens is 352 g/mol. The van der Waals surface area contributed by atoms with E-state index in [-0.39, 0.29) is 17.1 Å². The fraction of sp³-hybridized carbons (Fsp3) is 0.188. The number of carbonyl (C=O) groups is 1. The molecule has 0 unspecified atom stereocenters. The van der Waals surface area contributed by atoms with Crippen LogP contribution in [0.25, 0.3) is 0 Å². The summed E-state index contributed by atoms with van der Waals surface area (Å²) in [5, 5.41) is 14.1. The molecular formula is C16H15ClN2O6. The standard InChI is InChI=1S/C16H15ClN2O6/c1-23-13-5-4-9(6-11(13)17)18-16(20)10-7-14(24-2)15(25-3)8-12(10)19(21)22/h4-8H,1-3H3,(H,18,20). The monoisotopic (exact) mass is 366 g/mol. The quantitative estimate of drug-likeness (QED) is 0.620. The average molecular weight is 367 g/mol. The summed E-state index contributed by atoms with van der Waals surface area (Å²) in [5.74, 6) is 0.106.